The van der Waals surface area contributed by atoms with Gasteiger partial charge in [0.05, 0.1) is 6.54 Å². The summed E-state index contributed by atoms with van der Waals surface area (Å²) in [7, 11) is 0. The molecule has 1 N–H and O–H groups in total. The fourth-order valence-corrected chi connectivity index (χ4v) is 1.78. The van der Waals surface area contributed by atoms with E-state index in [1.165, 1.54) is 11.8 Å². The molecular weight excluding hydrogens is 209 g/mol. The van der Waals surface area contributed by atoms with Gasteiger partial charge in [-0.1, -0.05) is 0 Å². The Morgan fingerprint density at radius 2 is 1.93 bits per heavy atom. The molecule has 0 aromatic carbocycles. The van der Waals surface area contributed by atoms with E-state index in [2.05, 4.69) is 5.32 Å². The number of piperidine rings is 1. The zero-order chi connectivity index (χ0) is 11.5. The molecule has 0 saturated carbocycles. The van der Waals surface area contributed by atoms with Crippen molar-refractivity contribution in [3.8, 4) is 0 Å². The molecule has 0 aliphatic carbocycles. The van der Waals surface area contributed by atoms with Gasteiger partial charge in [-0.15, -0.1) is 0 Å². The van der Waals surface area contributed by atoms with E-state index in [0.717, 1.165) is 0 Å². The van der Waals surface area contributed by atoms with Gasteiger partial charge in [-0.2, -0.15) is 13.2 Å². The summed E-state index contributed by atoms with van der Waals surface area (Å²) in [6.07, 6.45) is -2.94. The lowest BCUT2D eigenvalue weighted by Gasteiger charge is -2.32. The van der Waals surface area contributed by atoms with Gasteiger partial charge in [0.1, 0.15) is 0 Å². The van der Waals surface area contributed by atoms with Gasteiger partial charge in [0, 0.05) is 26.1 Å². The molecule has 3 nitrogen and oxygen atoms in total. The first-order valence-electron chi connectivity index (χ1n) is 4.93. The Morgan fingerprint density at radius 3 is 2.33 bits per heavy atom. The summed E-state index contributed by atoms with van der Waals surface area (Å²) >= 11 is 0. The van der Waals surface area contributed by atoms with Crippen molar-refractivity contribution >= 4 is 5.91 Å². The quantitative estimate of drug-likeness (QED) is 0.763. The van der Waals surface area contributed by atoms with Crippen LogP contribution >= 0.6 is 0 Å². The van der Waals surface area contributed by atoms with Gasteiger partial charge in [-0.3, -0.25) is 9.69 Å². The van der Waals surface area contributed by atoms with Crippen LogP contribution in [0.2, 0.25) is 0 Å². The molecule has 88 valence electrons. The van der Waals surface area contributed by atoms with Gasteiger partial charge in [0.25, 0.3) is 0 Å². The Labute approximate surface area is 86.6 Å². The average molecular weight is 224 g/mol. The molecule has 1 aliphatic heterocycles. The number of halogens is 3. The Bertz CT molecular complexity index is 222. The number of amides is 1. The first-order chi connectivity index (χ1) is 6.87. The molecule has 6 heteroatoms. The van der Waals surface area contributed by atoms with E-state index in [9.17, 15) is 18.0 Å². The van der Waals surface area contributed by atoms with E-state index >= 15 is 0 Å². The number of alkyl halides is 3. The molecule has 1 saturated heterocycles. The molecule has 1 aliphatic rings. The summed E-state index contributed by atoms with van der Waals surface area (Å²) in [4.78, 5) is 12.1. The summed E-state index contributed by atoms with van der Waals surface area (Å²) in [6, 6.07) is 0.0342. The fourth-order valence-electron chi connectivity index (χ4n) is 1.78. The molecule has 0 unspecified atom stereocenters. The lowest BCUT2D eigenvalue weighted by Crippen LogP contribution is -2.46. The smallest absolute Gasteiger partial charge is 0.354 e. The Kier molecular flexibility index (Phi) is 3.96. The number of likely N-dealkylation sites (tertiary alicyclic amines) is 1. The van der Waals surface area contributed by atoms with Crippen LogP contribution in [-0.2, 0) is 4.79 Å². The number of nitrogens with zero attached hydrogens (tertiary/aromatic N) is 1. The molecule has 0 aromatic rings. The second-order valence-electron chi connectivity index (χ2n) is 3.87. The lowest BCUT2D eigenvalue weighted by molar-refractivity contribution is -0.148. The molecule has 0 spiro atoms. The summed E-state index contributed by atoms with van der Waals surface area (Å²) in [5.41, 5.74) is 0. The van der Waals surface area contributed by atoms with E-state index < -0.39 is 12.7 Å². The van der Waals surface area contributed by atoms with Gasteiger partial charge in [-0.05, 0) is 12.8 Å². The third kappa shape index (κ3) is 5.01. The number of rotatable bonds is 2. The molecule has 1 amide bonds. The molecular formula is C9H15F3N2O. The second-order valence-corrected chi connectivity index (χ2v) is 3.87. The van der Waals surface area contributed by atoms with E-state index in [4.69, 9.17) is 0 Å². The number of nitrogens with one attached hydrogen (secondary N) is 1. The van der Waals surface area contributed by atoms with Crippen molar-refractivity contribution in [3.63, 3.8) is 0 Å². The molecule has 0 radical (unpaired) electrons. The minimum absolute atomic E-state index is 0.0342. The standard InChI is InChI=1S/C9H15F3N2O/c1-7(15)13-8-2-4-14(5-3-8)6-9(10,11)12/h8H,2-6H2,1H3,(H,13,15). The van der Waals surface area contributed by atoms with Crippen LogP contribution in [0.1, 0.15) is 19.8 Å². The Morgan fingerprint density at radius 1 is 1.40 bits per heavy atom. The maximum absolute atomic E-state index is 12.0. The average Bonchev–Trinajstić information content (AvgIpc) is 2.05. The van der Waals surface area contributed by atoms with Crippen LogP contribution in [0.25, 0.3) is 0 Å². The van der Waals surface area contributed by atoms with Crippen molar-refractivity contribution in [2.24, 2.45) is 0 Å². The monoisotopic (exact) mass is 224 g/mol. The first kappa shape index (κ1) is 12.3. The number of hydrogen-bond donors (Lipinski definition) is 1. The highest BCUT2D eigenvalue weighted by atomic mass is 19.4. The van der Waals surface area contributed by atoms with Crippen LogP contribution < -0.4 is 5.32 Å². The van der Waals surface area contributed by atoms with Crippen LogP contribution in [0.5, 0.6) is 0 Å². The third-order valence-electron chi connectivity index (χ3n) is 2.40. The van der Waals surface area contributed by atoms with Crippen LogP contribution in [0, 0.1) is 0 Å². The van der Waals surface area contributed by atoms with Crippen LogP contribution in [0.4, 0.5) is 13.2 Å². The molecule has 1 fully saturated rings. The SMILES string of the molecule is CC(=O)NC1CCN(CC(F)(F)F)CC1. The number of carbonyl (C=O) groups excluding carboxylic acids is 1. The van der Waals surface area contributed by atoms with Gasteiger partial charge < -0.3 is 5.32 Å². The van der Waals surface area contributed by atoms with E-state index in [0.29, 0.717) is 25.9 Å². The second kappa shape index (κ2) is 4.83. The predicted octanol–water partition coefficient (Wildman–Crippen LogP) is 1.15. The van der Waals surface area contributed by atoms with Crippen molar-refractivity contribution in [3.05, 3.63) is 0 Å². The van der Waals surface area contributed by atoms with Gasteiger partial charge in [0.15, 0.2) is 0 Å². The summed E-state index contributed by atoms with van der Waals surface area (Å²) < 4.78 is 36.1. The van der Waals surface area contributed by atoms with Gasteiger partial charge >= 0.3 is 6.18 Å². The first-order valence-corrected chi connectivity index (χ1v) is 4.93. The van der Waals surface area contributed by atoms with Crippen molar-refractivity contribution in [2.75, 3.05) is 19.6 Å². The van der Waals surface area contributed by atoms with E-state index in [1.54, 1.807) is 0 Å². The van der Waals surface area contributed by atoms with Crippen molar-refractivity contribution in [1.29, 1.82) is 0 Å². The van der Waals surface area contributed by atoms with Crippen LogP contribution in [0.15, 0.2) is 0 Å². The largest absolute Gasteiger partial charge is 0.401 e. The minimum Gasteiger partial charge on any atom is -0.354 e. The molecule has 0 aromatic heterocycles. The zero-order valence-electron chi connectivity index (χ0n) is 8.60. The fraction of sp³-hybridized carbons (Fsp3) is 0.889. The van der Waals surface area contributed by atoms with Crippen LogP contribution in [-0.4, -0.2) is 42.7 Å². The van der Waals surface area contributed by atoms with E-state index in [1.807, 2.05) is 0 Å². The Hall–Kier alpha value is -0.780. The van der Waals surface area contributed by atoms with Gasteiger partial charge in [0.2, 0.25) is 5.91 Å². The minimum atomic E-state index is -4.12. The Balaban J connectivity index is 2.27. The topological polar surface area (TPSA) is 32.3 Å². The van der Waals surface area contributed by atoms with Crippen LogP contribution in [0.3, 0.4) is 0 Å². The predicted molar refractivity (Wildman–Crippen MR) is 49.3 cm³/mol. The summed E-state index contributed by atoms with van der Waals surface area (Å²) in [5, 5.41) is 2.72. The number of carbonyl (C=O) groups is 1. The lowest BCUT2D eigenvalue weighted by atomic mass is 10.1. The summed E-state index contributed by atoms with van der Waals surface area (Å²) in [5.74, 6) is -0.121. The zero-order valence-corrected chi connectivity index (χ0v) is 8.60. The molecule has 1 rings (SSSR count). The maximum Gasteiger partial charge on any atom is 0.401 e. The van der Waals surface area contributed by atoms with Crippen molar-refractivity contribution in [1.82, 2.24) is 10.2 Å². The highest BCUT2D eigenvalue weighted by Gasteiger charge is 2.32. The molecule has 15 heavy (non-hydrogen) atoms. The molecule has 0 atom stereocenters. The highest BCUT2D eigenvalue weighted by Crippen LogP contribution is 2.19. The van der Waals surface area contributed by atoms with Gasteiger partial charge in [-0.25, -0.2) is 0 Å². The molecule has 1 heterocycles. The highest BCUT2D eigenvalue weighted by molar-refractivity contribution is 5.73. The maximum atomic E-state index is 12.0. The molecule has 0 bridgehead atoms. The van der Waals surface area contributed by atoms with Crippen molar-refractivity contribution < 1.29 is 18.0 Å². The normalized spacial score (nSPS) is 20.3. The third-order valence-corrected chi connectivity index (χ3v) is 2.40. The number of hydrogen-bond acceptors (Lipinski definition) is 2. The van der Waals surface area contributed by atoms with Crippen molar-refractivity contribution in [2.45, 2.75) is 32.0 Å². The summed E-state index contributed by atoms with van der Waals surface area (Å²) in [6.45, 7) is 1.36. The van der Waals surface area contributed by atoms with E-state index in [-0.39, 0.29) is 11.9 Å².